The lowest BCUT2D eigenvalue weighted by atomic mass is 10.2. The third-order valence-electron chi connectivity index (χ3n) is 2.96. The van der Waals surface area contributed by atoms with E-state index in [9.17, 15) is 18.5 Å². The second kappa shape index (κ2) is 5.48. The number of nitro groups is 1. The van der Waals surface area contributed by atoms with Crippen LogP contribution in [0.25, 0.3) is 0 Å². The summed E-state index contributed by atoms with van der Waals surface area (Å²) in [4.78, 5) is 10.2. The highest BCUT2D eigenvalue weighted by Crippen LogP contribution is 2.30. The number of nitrogens with zero attached hydrogens (tertiary/aromatic N) is 2. The van der Waals surface area contributed by atoms with Crippen LogP contribution in [-0.2, 0) is 10.0 Å². The van der Waals surface area contributed by atoms with Gasteiger partial charge in [-0.3, -0.25) is 10.1 Å². The molecule has 1 aromatic rings. The van der Waals surface area contributed by atoms with Crippen LogP contribution in [0.1, 0.15) is 5.56 Å². The molecule has 0 bridgehead atoms. The van der Waals surface area contributed by atoms with E-state index in [2.05, 4.69) is 0 Å². The smallest absolute Gasteiger partial charge is 0.258 e. The molecule has 1 aromatic carbocycles. The molecule has 2 rings (SSSR count). The van der Waals surface area contributed by atoms with Crippen LogP contribution >= 0.6 is 11.8 Å². The van der Waals surface area contributed by atoms with Crippen LogP contribution in [0.3, 0.4) is 0 Å². The van der Waals surface area contributed by atoms with E-state index >= 15 is 0 Å². The van der Waals surface area contributed by atoms with Crippen molar-refractivity contribution in [2.24, 2.45) is 0 Å². The van der Waals surface area contributed by atoms with Crippen LogP contribution in [0.5, 0.6) is 0 Å². The Morgan fingerprint density at radius 2 is 1.95 bits per heavy atom. The first-order chi connectivity index (χ1) is 8.94. The summed E-state index contributed by atoms with van der Waals surface area (Å²) in [6, 6.07) is 4.32. The Kier molecular flexibility index (Phi) is 4.12. The maximum Gasteiger partial charge on any atom is 0.289 e. The average Bonchev–Trinajstić information content (AvgIpc) is 2.39. The number of hydrogen-bond acceptors (Lipinski definition) is 5. The van der Waals surface area contributed by atoms with Gasteiger partial charge in [-0.2, -0.15) is 16.1 Å². The lowest BCUT2D eigenvalue weighted by Crippen LogP contribution is -2.38. The monoisotopic (exact) mass is 302 g/mol. The number of aryl methyl sites for hydroxylation is 1. The van der Waals surface area contributed by atoms with Gasteiger partial charge in [0.2, 0.25) is 10.0 Å². The molecule has 1 aliphatic heterocycles. The SMILES string of the molecule is Cc1cccc([N+](=O)[O-])c1S(=O)(=O)N1CCSCC1. The lowest BCUT2D eigenvalue weighted by Gasteiger charge is -2.26. The van der Waals surface area contributed by atoms with Crippen LogP contribution in [-0.4, -0.2) is 42.2 Å². The minimum atomic E-state index is -3.79. The van der Waals surface area contributed by atoms with Gasteiger partial charge >= 0.3 is 0 Å². The molecule has 0 aliphatic carbocycles. The van der Waals surface area contributed by atoms with Crippen molar-refractivity contribution in [3.63, 3.8) is 0 Å². The molecule has 1 fully saturated rings. The third kappa shape index (κ3) is 2.75. The fraction of sp³-hybridized carbons (Fsp3) is 0.455. The standard InChI is InChI=1S/C11H14N2O4S2/c1-9-3-2-4-10(13(14)15)11(9)19(16,17)12-5-7-18-8-6-12/h2-4H,5-8H2,1H3. The quantitative estimate of drug-likeness (QED) is 0.626. The van der Waals surface area contributed by atoms with Crippen molar-refractivity contribution in [3.8, 4) is 0 Å². The molecule has 0 saturated carbocycles. The minimum Gasteiger partial charge on any atom is -0.258 e. The predicted molar refractivity (Wildman–Crippen MR) is 73.9 cm³/mol. The summed E-state index contributed by atoms with van der Waals surface area (Å²) in [6.07, 6.45) is 0. The van der Waals surface area contributed by atoms with Gasteiger partial charge in [0.05, 0.1) is 4.92 Å². The highest BCUT2D eigenvalue weighted by atomic mass is 32.2. The van der Waals surface area contributed by atoms with Crippen LogP contribution in [0.15, 0.2) is 23.1 Å². The zero-order chi connectivity index (χ0) is 14.0. The van der Waals surface area contributed by atoms with Crippen molar-refractivity contribution in [1.82, 2.24) is 4.31 Å². The maximum absolute atomic E-state index is 12.5. The van der Waals surface area contributed by atoms with Gasteiger partial charge < -0.3 is 0 Å². The van der Waals surface area contributed by atoms with Crippen LogP contribution in [0.2, 0.25) is 0 Å². The summed E-state index contributed by atoms with van der Waals surface area (Å²) in [5, 5.41) is 11.0. The first kappa shape index (κ1) is 14.3. The Bertz CT molecular complexity index is 595. The predicted octanol–water partition coefficient (Wildman–Crippen LogP) is 1.64. The number of hydrogen-bond donors (Lipinski definition) is 0. The van der Waals surface area contributed by atoms with Gasteiger partial charge in [-0.25, -0.2) is 8.42 Å². The Balaban J connectivity index is 2.53. The summed E-state index contributed by atoms with van der Waals surface area (Å²) in [7, 11) is -3.79. The molecule has 0 N–H and O–H groups in total. The Labute approximate surface area is 116 Å². The molecule has 6 nitrogen and oxygen atoms in total. The fourth-order valence-electron chi connectivity index (χ4n) is 2.03. The lowest BCUT2D eigenvalue weighted by molar-refractivity contribution is -0.387. The highest BCUT2D eigenvalue weighted by molar-refractivity contribution is 7.99. The molecule has 1 saturated heterocycles. The highest BCUT2D eigenvalue weighted by Gasteiger charge is 2.33. The molecule has 1 aliphatic rings. The van der Waals surface area contributed by atoms with Gasteiger partial charge in [-0.15, -0.1) is 0 Å². The summed E-state index contributed by atoms with van der Waals surface area (Å²) in [5.74, 6) is 1.44. The molecular weight excluding hydrogens is 288 g/mol. The van der Waals surface area contributed by atoms with Gasteiger partial charge in [0.25, 0.3) is 5.69 Å². The van der Waals surface area contributed by atoms with Crippen LogP contribution in [0, 0.1) is 17.0 Å². The summed E-state index contributed by atoms with van der Waals surface area (Å²) in [5.41, 5.74) is 0.0608. The van der Waals surface area contributed by atoms with E-state index in [1.165, 1.54) is 16.4 Å². The first-order valence-corrected chi connectivity index (χ1v) is 8.36. The molecule has 0 unspecified atom stereocenters. The normalized spacial score (nSPS) is 17.3. The second-order valence-electron chi connectivity index (χ2n) is 4.20. The summed E-state index contributed by atoms with van der Waals surface area (Å²) in [6.45, 7) is 2.38. The maximum atomic E-state index is 12.5. The van der Waals surface area contributed by atoms with Crippen molar-refractivity contribution in [3.05, 3.63) is 33.9 Å². The largest absolute Gasteiger partial charge is 0.289 e. The Hall–Kier alpha value is -1.12. The topological polar surface area (TPSA) is 80.5 Å². The van der Waals surface area contributed by atoms with Gasteiger partial charge in [-0.05, 0) is 12.5 Å². The minimum absolute atomic E-state index is 0.174. The van der Waals surface area contributed by atoms with Crippen molar-refractivity contribution < 1.29 is 13.3 Å². The van der Waals surface area contributed by atoms with Gasteiger partial charge in [0.15, 0.2) is 4.90 Å². The van der Waals surface area contributed by atoms with Crippen molar-refractivity contribution in [2.45, 2.75) is 11.8 Å². The molecular formula is C11H14N2O4S2. The van der Waals surface area contributed by atoms with Crippen LogP contribution in [0.4, 0.5) is 5.69 Å². The van der Waals surface area contributed by atoms with Gasteiger partial charge in [0.1, 0.15) is 0 Å². The molecule has 0 radical (unpaired) electrons. The molecule has 8 heteroatoms. The number of rotatable bonds is 3. The van der Waals surface area contributed by atoms with E-state index in [-0.39, 0.29) is 10.6 Å². The van der Waals surface area contributed by atoms with E-state index in [1.54, 1.807) is 24.8 Å². The van der Waals surface area contributed by atoms with E-state index in [1.807, 2.05) is 0 Å². The molecule has 0 atom stereocenters. The van der Waals surface area contributed by atoms with Crippen molar-refractivity contribution in [2.75, 3.05) is 24.6 Å². The summed E-state index contributed by atoms with van der Waals surface area (Å²) >= 11 is 1.68. The molecule has 1 heterocycles. The van der Waals surface area contributed by atoms with Crippen molar-refractivity contribution in [1.29, 1.82) is 0 Å². The number of sulfonamides is 1. The molecule has 0 aromatic heterocycles. The van der Waals surface area contributed by atoms with E-state index < -0.39 is 14.9 Å². The number of nitro benzene ring substituents is 1. The summed E-state index contributed by atoms with van der Waals surface area (Å²) < 4.78 is 26.4. The average molecular weight is 302 g/mol. The Morgan fingerprint density at radius 3 is 2.53 bits per heavy atom. The van der Waals surface area contributed by atoms with Crippen molar-refractivity contribution >= 4 is 27.5 Å². The number of benzene rings is 1. The van der Waals surface area contributed by atoms with Gasteiger partial charge in [0, 0.05) is 30.7 Å². The van der Waals surface area contributed by atoms with E-state index in [0.717, 1.165) is 11.5 Å². The third-order valence-corrected chi connectivity index (χ3v) is 5.99. The second-order valence-corrected chi connectivity index (χ2v) is 7.30. The fourth-order valence-corrected chi connectivity index (χ4v) is 4.97. The molecule has 0 amide bonds. The molecule has 19 heavy (non-hydrogen) atoms. The van der Waals surface area contributed by atoms with Gasteiger partial charge in [-0.1, -0.05) is 12.1 Å². The Morgan fingerprint density at radius 1 is 1.32 bits per heavy atom. The van der Waals surface area contributed by atoms with E-state index in [4.69, 9.17) is 0 Å². The first-order valence-electron chi connectivity index (χ1n) is 5.76. The zero-order valence-electron chi connectivity index (χ0n) is 10.4. The van der Waals surface area contributed by atoms with E-state index in [0.29, 0.717) is 18.7 Å². The van der Waals surface area contributed by atoms with Crippen LogP contribution < -0.4 is 0 Å². The number of thioether (sulfide) groups is 1. The zero-order valence-corrected chi connectivity index (χ0v) is 12.0. The molecule has 0 spiro atoms. The molecule has 104 valence electrons.